The molecule has 0 aliphatic carbocycles. The maximum absolute atomic E-state index is 13.0. The third kappa shape index (κ3) is 5.55. The molecular formula is C30H30BrN5O2S. The minimum absolute atomic E-state index is 0.109. The summed E-state index contributed by atoms with van der Waals surface area (Å²) in [6.45, 7) is 4.69. The number of pyridine rings is 1. The number of nitrogens with one attached hydrogen (secondary N) is 2. The Morgan fingerprint density at radius 1 is 1.10 bits per heavy atom. The number of carbonyl (C=O) groups is 1. The van der Waals surface area contributed by atoms with Gasteiger partial charge in [-0.05, 0) is 80.2 Å². The van der Waals surface area contributed by atoms with Crippen LogP contribution in [0.1, 0.15) is 41.1 Å². The fourth-order valence-electron chi connectivity index (χ4n) is 5.27. The molecule has 0 radical (unpaired) electrons. The molecule has 9 heteroatoms. The van der Waals surface area contributed by atoms with E-state index in [-0.39, 0.29) is 24.4 Å². The lowest BCUT2D eigenvalue weighted by molar-refractivity contribution is -0.116. The van der Waals surface area contributed by atoms with Crippen LogP contribution in [-0.2, 0) is 4.79 Å². The molecule has 2 aromatic carbocycles. The average molecular weight is 605 g/mol. The number of halogens is 1. The first-order valence-corrected chi connectivity index (χ1v) is 13.9. The smallest absolute Gasteiger partial charge is 0.226 e. The summed E-state index contributed by atoms with van der Waals surface area (Å²) in [5.74, 6) is 0.513. The van der Waals surface area contributed by atoms with Gasteiger partial charge in [-0.2, -0.15) is 0 Å². The number of nitrogens with zero attached hydrogens (tertiary/aromatic N) is 3. The predicted octanol–water partition coefficient (Wildman–Crippen LogP) is 6.26. The summed E-state index contributed by atoms with van der Waals surface area (Å²) in [6, 6.07) is 23.5. The number of aromatic nitrogens is 2. The summed E-state index contributed by atoms with van der Waals surface area (Å²) in [4.78, 5) is 19.8. The predicted molar refractivity (Wildman–Crippen MR) is 161 cm³/mol. The van der Waals surface area contributed by atoms with Crippen LogP contribution >= 0.6 is 28.1 Å². The SMILES string of the molecule is COc1ccccc1NC(=O)CCN1C(=S)NC(c2ccccn2)C1c1cc(C)n(-c2cccc(Br)c2)c1C. The van der Waals surface area contributed by atoms with Crippen LogP contribution in [-0.4, -0.2) is 39.1 Å². The molecule has 1 saturated heterocycles. The minimum atomic E-state index is -0.160. The molecule has 4 aromatic rings. The molecule has 1 aliphatic rings. The van der Waals surface area contributed by atoms with E-state index in [1.807, 2.05) is 54.6 Å². The molecule has 2 atom stereocenters. The lowest BCUT2D eigenvalue weighted by Crippen LogP contribution is -2.33. The summed E-state index contributed by atoms with van der Waals surface area (Å²) in [6.07, 6.45) is 2.06. The van der Waals surface area contributed by atoms with Gasteiger partial charge in [0, 0.05) is 40.7 Å². The number of aryl methyl sites for hydroxylation is 1. The highest BCUT2D eigenvalue weighted by molar-refractivity contribution is 9.10. The normalized spacial score (nSPS) is 16.7. The van der Waals surface area contributed by atoms with Crippen molar-refractivity contribution in [1.29, 1.82) is 0 Å². The first-order chi connectivity index (χ1) is 18.9. The van der Waals surface area contributed by atoms with Crippen LogP contribution in [0.15, 0.2) is 83.5 Å². The van der Waals surface area contributed by atoms with Crippen molar-refractivity contribution >= 4 is 44.9 Å². The van der Waals surface area contributed by atoms with Gasteiger partial charge in [0.1, 0.15) is 5.75 Å². The van der Waals surface area contributed by atoms with Crippen molar-refractivity contribution in [2.75, 3.05) is 19.0 Å². The molecule has 200 valence electrons. The number of hydrogen-bond donors (Lipinski definition) is 2. The van der Waals surface area contributed by atoms with Gasteiger partial charge in [-0.15, -0.1) is 0 Å². The number of amides is 1. The fraction of sp³-hybridized carbons (Fsp3) is 0.233. The summed E-state index contributed by atoms with van der Waals surface area (Å²) in [5.41, 5.74) is 6.00. The average Bonchev–Trinajstić information content (AvgIpc) is 3.42. The molecule has 3 heterocycles. The molecule has 1 amide bonds. The van der Waals surface area contributed by atoms with E-state index in [1.165, 1.54) is 0 Å². The Labute approximate surface area is 242 Å². The topological polar surface area (TPSA) is 71.4 Å². The van der Waals surface area contributed by atoms with Crippen molar-refractivity contribution in [2.45, 2.75) is 32.4 Å². The molecule has 0 spiro atoms. The van der Waals surface area contributed by atoms with Crippen LogP contribution in [0.2, 0.25) is 0 Å². The van der Waals surface area contributed by atoms with Crippen LogP contribution in [0.3, 0.4) is 0 Å². The fourth-order valence-corrected chi connectivity index (χ4v) is 5.99. The highest BCUT2D eigenvalue weighted by atomic mass is 79.9. The molecule has 1 fully saturated rings. The Bertz CT molecular complexity index is 1510. The maximum Gasteiger partial charge on any atom is 0.226 e. The Hall–Kier alpha value is -3.69. The summed E-state index contributed by atoms with van der Waals surface area (Å²) < 4.78 is 8.66. The number of anilines is 1. The monoisotopic (exact) mass is 603 g/mol. The molecule has 5 rings (SSSR count). The van der Waals surface area contributed by atoms with Gasteiger partial charge in [0.15, 0.2) is 5.11 Å². The van der Waals surface area contributed by atoms with E-state index in [9.17, 15) is 4.79 Å². The third-order valence-corrected chi connectivity index (χ3v) is 7.86. The van der Waals surface area contributed by atoms with Gasteiger partial charge >= 0.3 is 0 Å². The highest BCUT2D eigenvalue weighted by Crippen LogP contribution is 2.41. The summed E-state index contributed by atoms with van der Waals surface area (Å²) >= 11 is 9.43. The van der Waals surface area contributed by atoms with Gasteiger partial charge in [-0.25, -0.2) is 0 Å². The largest absolute Gasteiger partial charge is 0.495 e. The second kappa shape index (κ2) is 11.6. The van der Waals surface area contributed by atoms with Crippen LogP contribution in [0, 0.1) is 13.8 Å². The molecule has 0 bridgehead atoms. The number of hydrogen-bond acceptors (Lipinski definition) is 4. The second-order valence-corrected chi connectivity index (χ2v) is 10.8. The first-order valence-electron chi connectivity index (χ1n) is 12.7. The number of rotatable bonds is 8. The van der Waals surface area contributed by atoms with E-state index in [0.29, 0.717) is 23.1 Å². The van der Waals surface area contributed by atoms with Gasteiger partial charge in [-0.3, -0.25) is 9.78 Å². The zero-order valence-electron chi connectivity index (χ0n) is 22.0. The van der Waals surface area contributed by atoms with Crippen molar-refractivity contribution in [3.63, 3.8) is 0 Å². The van der Waals surface area contributed by atoms with Crippen molar-refractivity contribution in [3.05, 3.63) is 106 Å². The zero-order valence-corrected chi connectivity index (χ0v) is 24.4. The Kier molecular flexibility index (Phi) is 7.99. The van der Waals surface area contributed by atoms with Gasteiger partial charge in [0.25, 0.3) is 0 Å². The zero-order chi connectivity index (χ0) is 27.5. The van der Waals surface area contributed by atoms with E-state index >= 15 is 0 Å². The van der Waals surface area contributed by atoms with E-state index in [2.05, 4.69) is 73.1 Å². The number of benzene rings is 2. The van der Waals surface area contributed by atoms with Crippen molar-refractivity contribution in [1.82, 2.24) is 19.8 Å². The van der Waals surface area contributed by atoms with Gasteiger partial charge < -0.3 is 24.8 Å². The van der Waals surface area contributed by atoms with Crippen LogP contribution in [0.5, 0.6) is 5.75 Å². The van der Waals surface area contributed by atoms with E-state index < -0.39 is 0 Å². The highest BCUT2D eigenvalue weighted by Gasteiger charge is 2.41. The van der Waals surface area contributed by atoms with Crippen molar-refractivity contribution < 1.29 is 9.53 Å². The van der Waals surface area contributed by atoms with E-state index in [1.54, 1.807) is 13.3 Å². The quantitative estimate of drug-likeness (QED) is 0.232. The summed E-state index contributed by atoms with van der Waals surface area (Å²) in [5, 5.41) is 7.07. The van der Waals surface area contributed by atoms with Crippen LogP contribution in [0.4, 0.5) is 5.69 Å². The Balaban J connectivity index is 1.47. The lowest BCUT2D eigenvalue weighted by Gasteiger charge is -2.28. The lowest BCUT2D eigenvalue weighted by atomic mass is 9.96. The number of ether oxygens (including phenoxy) is 1. The molecule has 0 saturated carbocycles. The number of thiocarbonyl (C=S) groups is 1. The molecule has 7 nitrogen and oxygen atoms in total. The minimum Gasteiger partial charge on any atom is -0.495 e. The third-order valence-electron chi connectivity index (χ3n) is 7.01. The standard InChI is InChI=1S/C30H30BrN5O2S/c1-19-17-23(20(2)36(19)22-10-8-9-21(31)18-22)29-28(25-12-6-7-15-32-25)34-30(39)35(29)16-14-27(37)33-24-11-4-5-13-26(24)38-3/h4-13,15,17-18,28-29H,14,16H2,1-3H3,(H,33,37)(H,34,39). The Morgan fingerprint density at radius 3 is 2.64 bits per heavy atom. The van der Waals surface area contributed by atoms with E-state index in [4.69, 9.17) is 17.0 Å². The van der Waals surface area contributed by atoms with Crippen molar-refractivity contribution in [2.24, 2.45) is 0 Å². The molecule has 2 aromatic heterocycles. The molecule has 2 unspecified atom stereocenters. The molecular weight excluding hydrogens is 574 g/mol. The molecule has 39 heavy (non-hydrogen) atoms. The first kappa shape index (κ1) is 26.9. The number of para-hydroxylation sites is 2. The van der Waals surface area contributed by atoms with E-state index in [0.717, 1.165) is 32.8 Å². The van der Waals surface area contributed by atoms with Crippen molar-refractivity contribution in [3.8, 4) is 11.4 Å². The van der Waals surface area contributed by atoms with Crippen LogP contribution in [0.25, 0.3) is 5.69 Å². The summed E-state index contributed by atoms with van der Waals surface area (Å²) in [7, 11) is 1.59. The number of carbonyl (C=O) groups excluding carboxylic acids is 1. The maximum atomic E-state index is 13.0. The van der Waals surface area contributed by atoms with Gasteiger partial charge in [0.2, 0.25) is 5.91 Å². The Morgan fingerprint density at radius 2 is 1.90 bits per heavy atom. The second-order valence-electron chi connectivity index (χ2n) is 9.46. The molecule has 2 N–H and O–H groups in total. The van der Waals surface area contributed by atoms with Gasteiger partial charge in [0.05, 0.1) is 30.6 Å². The molecule has 1 aliphatic heterocycles. The van der Waals surface area contributed by atoms with Gasteiger partial charge in [-0.1, -0.05) is 40.2 Å². The number of methoxy groups -OCH3 is 1. The van der Waals surface area contributed by atoms with Crippen LogP contribution < -0.4 is 15.4 Å².